The number of rotatable bonds is 4. The summed E-state index contributed by atoms with van der Waals surface area (Å²) in [6.45, 7) is 0.362. The Labute approximate surface area is 158 Å². The number of nitrogens with one attached hydrogen (secondary N) is 1. The highest BCUT2D eigenvalue weighted by Crippen LogP contribution is 2.34. The highest BCUT2D eigenvalue weighted by atomic mass is 79.9. The van der Waals surface area contributed by atoms with E-state index in [1.807, 2.05) is 24.3 Å². The van der Waals surface area contributed by atoms with Crippen molar-refractivity contribution >= 4 is 27.5 Å². The van der Waals surface area contributed by atoms with Crippen LogP contribution in [-0.2, 0) is 6.54 Å². The Kier molecular flexibility index (Phi) is 4.42. The molecule has 1 aliphatic heterocycles. The Morgan fingerprint density at radius 2 is 1.92 bits per heavy atom. The molecule has 0 saturated carbocycles. The molecule has 1 N–H and O–H groups in total. The van der Waals surface area contributed by atoms with Crippen molar-refractivity contribution in [2.75, 3.05) is 5.32 Å². The van der Waals surface area contributed by atoms with Gasteiger partial charge in [-0.1, -0.05) is 34.1 Å². The van der Waals surface area contributed by atoms with Crippen molar-refractivity contribution in [3.63, 3.8) is 0 Å². The first-order valence-corrected chi connectivity index (χ1v) is 8.93. The highest BCUT2D eigenvalue weighted by molar-refractivity contribution is 9.10. The molecule has 1 aliphatic rings. The van der Waals surface area contributed by atoms with Gasteiger partial charge >= 0.3 is 0 Å². The maximum absolute atomic E-state index is 13.2. The number of hydrogen-bond acceptors (Lipinski definition) is 3. The molecule has 3 aromatic rings. The minimum absolute atomic E-state index is 0.0927. The van der Waals surface area contributed by atoms with Crippen molar-refractivity contribution in [2.24, 2.45) is 0 Å². The molecular formula is C20H15BrFN3O. The van der Waals surface area contributed by atoms with Gasteiger partial charge in [0.15, 0.2) is 0 Å². The van der Waals surface area contributed by atoms with Crippen LogP contribution in [0.1, 0.15) is 27.8 Å². The Morgan fingerprint density at radius 1 is 1.12 bits per heavy atom. The molecule has 0 fully saturated rings. The summed E-state index contributed by atoms with van der Waals surface area (Å²) in [7, 11) is 0. The number of nitrogens with zero attached hydrogens (tertiary/aromatic N) is 2. The number of aromatic nitrogens is 1. The molecule has 6 heteroatoms. The third kappa shape index (κ3) is 3.20. The topological polar surface area (TPSA) is 45.2 Å². The lowest BCUT2D eigenvalue weighted by Gasteiger charge is -2.26. The predicted octanol–water partition coefficient (Wildman–Crippen LogP) is 4.75. The van der Waals surface area contributed by atoms with Gasteiger partial charge in [0, 0.05) is 22.9 Å². The SMILES string of the molecule is O=C1c2cccnc2C(Nc2cccc(Br)c2)N1Cc1ccc(F)cc1. The fraction of sp³-hybridized carbons (Fsp3) is 0.100. The number of carbonyl (C=O) groups is 1. The maximum atomic E-state index is 13.2. The van der Waals surface area contributed by atoms with Crippen LogP contribution in [0.25, 0.3) is 0 Å². The van der Waals surface area contributed by atoms with Gasteiger partial charge in [-0.3, -0.25) is 9.78 Å². The smallest absolute Gasteiger partial charge is 0.258 e. The van der Waals surface area contributed by atoms with Gasteiger partial charge in [0.25, 0.3) is 5.91 Å². The van der Waals surface area contributed by atoms with Gasteiger partial charge in [0.2, 0.25) is 0 Å². The summed E-state index contributed by atoms with van der Waals surface area (Å²) in [5, 5.41) is 3.39. The number of benzene rings is 2. The monoisotopic (exact) mass is 411 g/mol. The van der Waals surface area contributed by atoms with Crippen LogP contribution in [-0.4, -0.2) is 15.8 Å². The third-order valence-corrected chi connectivity index (χ3v) is 4.79. The molecule has 0 radical (unpaired) electrons. The van der Waals surface area contributed by atoms with Gasteiger partial charge in [-0.25, -0.2) is 4.39 Å². The molecule has 0 saturated heterocycles. The van der Waals surface area contributed by atoms with E-state index in [9.17, 15) is 9.18 Å². The lowest BCUT2D eigenvalue weighted by molar-refractivity contribution is 0.0728. The molecule has 1 aromatic heterocycles. The lowest BCUT2D eigenvalue weighted by Crippen LogP contribution is -2.32. The van der Waals surface area contributed by atoms with E-state index in [-0.39, 0.29) is 11.7 Å². The van der Waals surface area contributed by atoms with Gasteiger partial charge < -0.3 is 10.2 Å². The molecule has 26 heavy (non-hydrogen) atoms. The van der Waals surface area contributed by atoms with E-state index >= 15 is 0 Å². The van der Waals surface area contributed by atoms with E-state index in [4.69, 9.17) is 0 Å². The quantitative estimate of drug-likeness (QED) is 0.673. The van der Waals surface area contributed by atoms with Crippen LogP contribution >= 0.6 is 15.9 Å². The number of amides is 1. The second-order valence-corrected chi connectivity index (χ2v) is 6.97. The Bertz CT molecular complexity index is 961. The first-order chi connectivity index (χ1) is 12.6. The molecule has 1 atom stereocenters. The highest BCUT2D eigenvalue weighted by Gasteiger charge is 2.37. The van der Waals surface area contributed by atoms with Crippen molar-refractivity contribution in [3.05, 3.63) is 94.0 Å². The largest absolute Gasteiger partial charge is 0.360 e. The summed E-state index contributed by atoms with van der Waals surface area (Å²) >= 11 is 3.46. The van der Waals surface area contributed by atoms with Crippen molar-refractivity contribution in [1.29, 1.82) is 0 Å². The van der Waals surface area contributed by atoms with Gasteiger partial charge in [0.05, 0.1) is 11.3 Å². The number of pyridine rings is 1. The third-order valence-electron chi connectivity index (χ3n) is 4.29. The van der Waals surface area contributed by atoms with Crippen LogP contribution in [0, 0.1) is 5.82 Å². The summed E-state index contributed by atoms with van der Waals surface area (Å²) in [5.41, 5.74) is 3.01. The zero-order valence-corrected chi connectivity index (χ0v) is 15.3. The molecule has 4 nitrogen and oxygen atoms in total. The van der Waals surface area contributed by atoms with Crippen LogP contribution in [0.3, 0.4) is 0 Å². The molecule has 2 aromatic carbocycles. The Balaban J connectivity index is 1.68. The maximum Gasteiger partial charge on any atom is 0.258 e. The average Bonchev–Trinajstić information content (AvgIpc) is 2.90. The fourth-order valence-corrected chi connectivity index (χ4v) is 3.47. The van der Waals surface area contributed by atoms with Crippen LogP contribution in [0.15, 0.2) is 71.3 Å². The number of carbonyl (C=O) groups excluding carboxylic acids is 1. The van der Waals surface area contributed by atoms with Gasteiger partial charge in [-0.2, -0.15) is 0 Å². The molecule has 0 bridgehead atoms. The van der Waals surface area contributed by atoms with Crippen molar-refractivity contribution in [3.8, 4) is 0 Å². The predicted molar refractivity (Wildman–Crippen MR) is 101 cm³/mol. The first kappa shape index (κ1) is 16.7. The van der Waals surface area contributed by atoms with E-state index < -0.39 is 6.17 Å². The molecule has 0 spiro atoms. The number of fused-ring (bicyclic) bond motifs is 1. The van der Waals surface area contributed by atoms with Gasteiger partial charge in [0.1, 0.15) is 12.0 Å². The second kappa shape index (κ2) is 6.88. The first-order valence-electron chi connectivity index (χ1n) is 8.14. The molecule has 1 amide bonds. The molecule has 4 rings (SSSR count). The van der Waals surface area contributed by atoms with Crippen LogP contribution in [0.4, 0.5) is 10.1 Å². The molecule has 0 aliphatic carbocycles. The molecule has 2 heterocycles. The Hall–Kier alpha value is -2.73. The summed E-state index contributed by atoms with van der Waals surface area (Å²) in [6, 6.07) is 17.5. The van der Waals surface area contributed by atoms with Crippen LogP contribution in [0.5, 0.6) is 0 Å². The van der Waals surface area contributed by atoms with E-state index in [0.717, 1.165) is 15.7 Å². The second-order valence-electron chi connectivity index (χ2n) is 6.05. The molecular weight excluding hydrogens is 397 g/mol. The summed E-state index contributed by atoms with van der Waals surface area (Å²) in [4.78, 5) is 19.0. The fourth-order valence-electron chi connectivity index (χ4n) is 3.07. The van der Waals surface area contributed by atoms with Crippen molar-refractivity contribution in [2.45, 2.75) is 12.7 Å². The van der Waals surface area contributed by atoms with Crippen LogP contribution in [0.2, 0.25) is 0 Å². The zero-order chi connectivity index (χ0) is 18.1. The summed E-state index contributed by atoms with van der Waals surface area (Å²) in [6.07, 6.45) is 1.29. The van der Waals surface area contributed by atoms with E-state index in [2.05, 4.69) is 26.2 Å². The van der Waals surface area contributed by atoms with Crippen molar-refractivity contribution < 1.29 is 9.18 Å². The lowest BCUT2D eigenvalue weighted by atomic mass is 10.2. The van der Waals surface area contributed by atoms with E-state index in [1.54, 1.807) is 35.4 Å². The van der Waals surface area contributed by atoms with Gasteiger partial charge in [-0.05, 0) is 48.0 Å². The number of hydrogen-bond donors (Lipinski definition) is 1. The van der Waals surface area contributed by atoms with E-state index in [0.29, 0.717) is 17.8 Å². The molecule has 130 valence electrons. The summed E-state index contributed by atoms with van der Waals surface area (Å²) < 4.78 is 14.1. The molecule has 1 unspecified atom stereocenters. The van der Waals surface area contributed by atoms with Gasteiger partial charge in [-0.15, -0.1) is 0 Å². The minimum atomic E-state index is -0.391. The zero-order valence-electron chi connectivity index (χ0n) is 13.7. The summed E-state index contributed by atoms with van der Waals surface area (Å²) in [5.74, 6) is -0.389. The van der Waals surface area contributed by atoms with Crippen LogP contribution < -0.4 is 5.32 Å². The average molecular weight is 412 g/mol. The minimum Gasteiger partial charge on any atom is -0.360 e. The normalized spacial score (nSPS) is 15.8. The number of halogens is 2. The van der Waals surface area contributed by atoms with Crippen molar-refractivity contribution in [1.82, 2.24) is 9.88 Å². The van der Waals surface area contributed by atoms with E-state index in [1.165, 1.54) is 12.1 Å². The Morgan fingerprint density at radius 3 is 2.69 bits per heavy atom. The number of anilines is 1. The standard InChI is InChI=1S/C20H15BrFN3O/c21-14-3-1-4-16(11-14)24-19-18-17(5-2-10-23-18)20(26)25(19)12-13-6-8-15(22)9-7-13/h1-11,19,24H,12H2.